The van der Waals surface area contributed by atoms with Crippen molar-refractivity contribution in [3.63, 3.8) is 0 Å². The molecule has 0 unspecified atom stereocenters. The number of methoxy groups -OCH3 is 2. The second-order valence-electron chi connectivity index (χ2n) is 5.67. The van der Waals surface area contributed by atoms with Crippen molar-refractivity contribution in [2.24, 2.45) is 0 Å². The molecular formula is C16H26N2O4S. The first-order valence-electron chi connectivity index (χ1n) is 8.01. The highest BCUT2D eigenvalue weighted by molar-refractivity contribution is 7.89. The van der Waals surface area contributed by atoms with E-state index in [2.05, 4.69) is 9.62 Å². The predicted octanol–water partition coefficient (Wildman–Crippen LogP) is 1.86. The molecule has 0 aliphatic carbocycles. The maximum Gasteiger partial charge on any atom is 0.240 e. The zero-order valence-electron chi connectivity index (χ0n) is 13.9. The van der Waals surface area contributed by atoms with Gasteiger partial charge < -0.3 is 14.4 Å². The van der Waals surface area contributed by atoms with Crippen molar-refractivity contribution >= 4 is 10.0 Å². The molecule has 130 valence electrons. The van der Waals surface area contributed by atoms with E-state index in [1.54, 1.807) is 6.07 Å². The highest BCUT2D eigenvalue weighted by atomic mass is 32.2. The molecule has 0 bridgehead atoms. The molecular weight excluding hydrogens is 316 g/mol. The fraction of sp³-hybridized carbons (Fsp3) is 0.625. The Morgan fingerprint density at radius 1 is 1.09 bits per heavy atom. The first-order valence-corrected chi connectivity index (χ1v) is 9.49. The molecule has 0 amide bonds. The topological polar surface area (TPSA) is 67.9 Å². The van der Waals surface area contributed by atoms with Crippen LogP contribution >= 0.6 is 0 Å². The van der Waals surface area contributed by atoms with Crippen LogP contribution in [0.3, 0.4) is 0 Å². The number of nitrogens with zero attached hydrogens (tertiary/aromatic N) is 1. The number of unbranched alkanes of at least 4 members (excludes halogenated alkanes) is 1. The van der Waals surface area contributed by atoms with Gasteiger partial charge in [0.15, 0.2) is 11.5 Å². The van der Waals surface area contributed by atoms with Gasteiger partial charge in [-0.25, -0.2) is 13.1 Å². The van der Waals surface area contributed by atoms with Crippen LogP contribution in [-0.2, 0) is 10.0 Å². The Kier molecular flexibility index (Phi) is 6.68. The molecule has 7 heteroatoms. The number of benzene rings is 1. The van der Waals surface area contributed by atoms with Gasteiger partial charge in [0.25, 0.3) is 0 Å². The van der Waals surface area contributed by atoms with Gasteiger partial charge in [-0.3, -0.25) is 0 Å². The van der Waals surface area contributed by atoms with E-state index in [1.807, 2.05) is 0 Å². The van der Waals surface area contributed by atoms with E-state index in [0.29, 0.717) is 18.0 Å². The molecule has 2 rings (SSSR count). The molecule has 0 spiro atoms. The van der Waals surface area contributed by atoms with Crippen LogP contribution < -0.4 is 14.2 Å². The summed E-state index contributed by atoms with van der Waals surface area (Å²) in [5.41, 5.74) is 0. The van der Waals surface area contributed by atoms with Crippen LogP contribution in [0.2, 0.25) is 0 Å². The predicted molar refractivity (Wildman–Crippen MR) is 89.6 cm³/mol. The number of sulfonamides is 1. The van der Waals surface area contributed by atoms with Gasteiger partial charge in [0.1, 0.15) is 0 Å². The van der Waals surface area contributed by atoms with Gasteiger partial charge in [-0.05, 0) is 57.5 Å². The first kappa shape index (κ1) is 18.0. The summed E-state index contributed by atoms with van der Waals surface area (Å²) < 4.78 is 37.5. The van der Waals surface area contributed by atoms with Crippen LogP contribution in [-0.4, -0.2) is 53.7 Å². The largest absolute Gasteiger partial charge is 0.493 e. The quantitative estimate of drug-likeness (QED) is 0.694. The Morgan fingerprint density at radius 3 is 2.43 bits per heavy atom. The van der Waals surface area contributed by atoms with Crippen LogP contribution in [0.25, 0.3) is 0 Å². The smallest absolute Gasteiger partial charge is 0.240 e. The molecule has 0 radical (unpaired) electrons. The standard InChI is InChI=1S/C16H26N2O4S/c1-21-15-8-7-14(13-16(15)22-2)23(19,20)17-9-3-4-10-18-11-5-6-12-18/h7-8,13,17H,3-6,9-12H2,1-2H3. The Labute approximate surface area is 138 Å². The number of ether oxygens (including phenoxy) is 2. The van der Waals surface area contributed by atoms with Crippen molar-refractivity contribution < 1.29 is 17.9 Å². The van der Waals surface area contributed by atoms with Crippen LogP contribution in [0, 0.1) is 0 Å². The van der Waals surface area contributed by atoms with Crippen LogP contribution in [0.5, 0.6) is 11.5 Å². The molecule has 1 fully saturated rings. The molecule has 1 aromatic carbocycles. The maximum absolute atomic E-state index is 12.3. The van der Waals surface area contributed by atoms with Crippen molar-refractivity contribution in [3.05, 3.63) is 18.2 Å². The average molecular weight is 342 g/mol. The van der Waals surface area contributed by atoms with Crippen molar-refractivity contribution in [2.45, 2.75) is 30.6 Å². The average Bonchev–Trinajstić information content (AvgIpc) is 3.07. The minimum atomic E-state index is -3.52. The summed E-state index contributed by atoms with van der Waals surface area (Å²) in [5, 5.41) is 0. The van der Waals surface area contributed by atoms with E-state index in [0.717, 1.165) is 19.4 Å². The zero-order chi connectivity index (χ0) is 16.7. The summed E-state index contributed by atoms with van der Waals surface area (Å²) in [6, 6.07) is 4.60. The first-order chi connectivity index (χ1) is 11.1. The number of hydrogen-bond acceptors (Lipinski definition) is 5. The normalized spacial score (nSPS) is 15.7. The van der Waals surface area contributed by atoms with E-state index in [4.69, 9.17) is 9.47 Å². The van der Waals surface area contributed by atoms with Gasteiger partial charge in [-0.15, -0.1) is 0 Å². The third-order valence-corrected chi connectivity index (χ3v) is 5.52. The van der Waals surface area contributed by atoms with Gasteiger partial charge >= 0.3 is 0 Å². The summed E-state index contributed by atoms with van der Waals surface area (Å²) in [4.78, 5) is 2.62. The Bertz CT molecular complexity index is 598. The molecule has 0 saturated carbocycles. The summed E-state index contributed by atoms with van der Waals surface area (Å²) in [7, 11) is -0.512. The molecule has 1 aliphatic heterocycles. The van der Waals surface area contributed by atoms with E-state index in [-0.39, 0.29) is 4.90 Å². The summed E-state index contributed by atoms with van der Waals surface area (Å²) >= 11 is 0. The molecule has 23 heavy (non-hydrogen) atoms. The lowest BCUT2D eigenvalue weighted by Gasteiger charge is -2.14. The van der Waals surface area contributed by atoms with E-state index in [1.165, 1.54) is 52.3 Å². The van der Waals surface area contributed by atoms with E-state index in [9.17, 15) is 8.42 Å². The molecule has 6 nitrogen and oxygen atoms in total. The molecule has 1 saturated heterocycles. The van der Waals surface area contributed by atoms with Crippen LogP contribution in [0.15, 0.2) is 23.1 Å². The lowest BCUT2D eigenvalue weighted by atomic mass is 10.3. The number of nitrogens with one attached hydrogen (secondary N) is 1. The Hall–Kier alpha value is -1.31. The number of likely N-dealkylation sites (tertiary alicyclic amines) is 1. The Balaban J connectivity index is 1.83. The molecule has 1 aliphatic rings. The van der Waals surface area contributed by atoms with Gasteiger partial charge in [0.2, 0.25) is 10.0 Å². The maximum atomic E-state index is 12.3. The van der Waals surface area contributed by atoms with Gasteiger partial charge in [0.05, 0.1) is 19.1 Å². The highest BCUT2D eigenvalue weighted by Crippen LogP contribution is 2.29. The van der Waals surface area contributed by atoms with Gasteiger partial charge in [-0.2, -0.15) is 0 Å². The van der Waals surface area contributed by atoms with Crippen molar-refractivity contribution in [3.8, 4) is 11.5 Å². The highest BCUT2D eigenvalue weighted by Gasteiger charge is 2.16. The van der Waals surface area contributed by atoms with Crippen LogP contribution in [0.1, 0.15) is 25.7 Å². The van der Waals surface area contributed by atoms with E-state index < -0.39 is 10.0 Å². The summed E-state index contributed by atoms with van der Waals surface area (Å²) in [6.07, 6.45) is 4.41. The lowest BCUT2D eigenvalue weighted by molar-refractivity contribution is 0.330. The summed E-state index contributed by atoms with van der Waals surface area (Å²) in [6.45, 7) is 3.86. The molecule has 0 aromatic heterocycles. The SMILES string of the molecule is COc1ccc(S(=O)(=O)NCCCCN2CCCC2)cc1OC. The Morgan fingerprint density at radius 2 is 1.78 bits per heavy atom. The number of hydrogen-bond donors (Lipinski definition) is 1. The van der Waals surface area contributed by atoms with Gasteiger partial charge in [0, 0.05) is 12.6 Å². The van der Waals surface area contributed by atoms with Crippen molar-refractivity contribution in [2.75, 3.05) is 40.4 Å². The minimum absolute atomic E-state index is 0.190. The fourth-order valence-corrected chi connectivity index (χ4v) is 3.83. The van der Waals surface area contributed by atoms with Crippen molar-refractivity contribution in [1.29, 1.82) is 0 Å². The molecule has 1 heterocycles. The molecule has 1 N–H and O–H groups in total. The zero-order valence-corrected chi connectivity index (χ0v) is 14.7. The number of rotatable bonds is 9. The molecule has 0 atom stereocenters. The monoisotopic (exact) mass is 342 g/mol. The summed E-state index contributed by atoms with van der Waals surface area (Å²) in [5.74, 6) is 0.918. The third-order valence-electron chi connectivity index (χ3n) is 4.06. The minimum Gasteiger partial charge on any atom is -0.493 e. The second-order valence-corrected chi connectivity index (χ2v) is 7.44. The second kappa shape index (κ2) is 8.52. The van der Waals surface area contributed by atoms with E-state index >= 15 is 0 Å². The van der Waals surface area contributed by atoms with Gasteiger partial charge in [-0.1, -0.05) is 0 Å². The third kappa shape index (κ3) is 5.09. The fourth-order valence-electron chi connectivity index (χ4n) is 2.74. The molecule has 1 aromatic rings. The van der Waals surface area contributed by atoms with Crippen molar-refractivity contribution in [1.82, 2.24) is 9.62 Å². The van der Waals surface area contributed by atoms with Crippen LogP contribution in [0.4, 0.5) is 0 Å². The lowest BCUT2D eigenvalue weighted by Crippen LogP contribution is -2.26.